The van der Waals surface area contributed by atoms with Crippen molar-refractivity contribution in [1.82, 2.24) is 5.48 Å². The Bertz CT molecular complexity index is 536. The van der Waals surface area contributed by atoms with E-state index in [1.807, 2.05) is 12.1 Å². The average molecular weight is 402 g/mol. The second-order valence-corrected chi connectivity index (χ2v) is 8.20. The fourth-order valence-electron chi connectivity index (χ4n) is 3.66. The topological polar surface area (TPSA) is 49.3 Å². The summed E-state index contributed by atoms with van der Waals surface area (Å²) in [5.74, 6) is -0.474. The first kappa shape index (κ1) is 25.4. The zero-order valence-electron chi connectivity index (χ0n) is 18.6. The number of carbonyl (C=O) groups excluding carboxylic acids is 1. The van der Waals surface area contributed by atoms with Crippen LogP contribution in [0.15, 0.2) is 30.3 Å². The lowest BCUT2D eigenvalue weighted by Gasteiger charge is -2.03. The van der Waals surface area contributed by atoms with Crippen molar-refractivity contribution in [3.8, 4) is 0 Å². The average Bonchev–Trinajstić information content (AvgIpc) is 2.75. The van der Waals surface area contributed by atoms with Gasteiger partial charge in [-0.3, -0.25) is 10.0 Å². The highest BCUT2D eigenvalue weighted by Gasteiger charge is 2.01. The number of nitrogens with one attached hydrogen (secondary N) is 1. The lowest BCUT2D eigenvalue weighted by molar-refractivity contribution is 0.0706. The summed E-state index contributed by atoms with van der Waals surface area (Å²) in [4.78, 5) is 11.3. The number of hydrogen-bond donors (Lipinski definition) is 2. The molecule has 0 saturated heterocycles. The summed E-state index contributed by atoms with van der Waals surface area (Å²) in [5, 5.41) is 8.61. The van der Waals surface area contributed by atoms with E-state index in [9.17, 15) is 4.79 Å². The van der Waals surface area contributed by atoms with Crippen LogP contribution in [0.2, 0.25) is 0 Å². The minimum Gasteiger partial charge on any atom is -0.288 e. The number of allylic oxidation sites excluding steroid dienone is 1. The molecule has 0 aliphatic carbocycles. The lowest BCUT2D eigenvalue weighted by Crippen LogP contribution is -2.18. The van der Waals surface area contributed by atoms with Crippen molar-refractivity contribution in [3.05, 3.63) is 41.5 Å². The molecule has 0 spiro atoms. The standard InChI is InChI=1S/C26H43NO2/c1-2-3-4-5-6-7-8-9-10-11-12-13-14-15-16-17-18-19-24-20-22-25(23-21-24)26(28)27-29/h18-23,29H,2-17H2,1H3,(H,27,28)/b19-18+. The van der Waals surface area contributed by atoms with Crippen LogP contribution in [0.5, 0.6) is 0 Å². The van der Waals surface area contributed by atoms with Gasteiger partial charge < -0.3 is 0 Å². The number of benzene rings is 1. The van der Waals surface area contributed by atoms with E-state index in [1.165, 1.54) is 96.3 Å². The summed E-state index contributed by atoms with van der Waals surface area (Å²) >= 11 is 0. The summed E-state index contributed by atoms with van der Waals surface area (Å²) in [6.45, 7) is 2.28. The quantitative estimate of drug-likeness (QED) is 0.148. The molecule has 1 aromatic carbocycles. The number of amides is 1. The Hall–Kier alpha value is -1.61. The maximum absolute atomic E-state index is 11.3. The van der Waals surface area contributed by atoms with Crippen molar-refractivity contribution in [2.24, 2.45) is 0 Å². The zero-order valence-corrected chi connectivity index (χ0v) is 18.6. The van der Waals surface area contributed by atoms with Crippen LogP contribution in [-0.4, -0.2) is 11.1 Å². The summed E-state index contributed by atoms with van der Waals surface area (Å²) in [6.07, 6.45) is 26.4. The predicted octanol–water partition coefficient (Wildman–Crippen LogP) is 8.08. The van der Waals surface area contributed by atoms with Crippen LogP contribution < -0.4 is 5.48 Å². The van der Waals surface area contributed by atoms with Crippen molar-refractivity contribution in [2.45, 2.75) is 110 Å². The Labute approximate surface area is 179 Å². The van der Waals surface area contributed by atoms with E-state index in [4.69, 9.17) is 5.21 Å². The summed E-state index contributed by atoms with van der Waals surface area (Å²) in [5.41, 5.74) is 3.20. The first-order valence-electron chi connectivity index (χ1n) is 12.0. The van der Waals surface area contributed by atoms with E-state index in [2.05, 4.69) is 19.1 Å². The number of rotatable bonds is 18. The van der Waals surface area contributed by atoms with Crippen LogP contribution in [0.4, 0.5) is 0 Å². The molecule has 0 unspecified atom stereocenters. The maximum Gasteiger partial charge on any atom is 0.274 e. The molecular weight excluding hydrogens is 358 g/mol. The van der Waals surface area contributed by atoms with Crippen LogP contribution in [0, 0.1) is 0 Å². The molecule has 0 atom stereocenters. The van der Waals surface area contributed by atoms with E-state index in [0.717, 1.165) is 12.0 Å². The maximum atomic E-state index is 11.3. The Morgan fingerprint density at radius 3 is 1.66 bits per heavy atom. The Balaban J connectivity index is 1.87. The van der Waals surface area contributed by atoms with Gasteiger partial charge in [-0.2, -0.15) is 0 Å². The van der Waals surface area contributed by atoms with Gasteiger partial charge in [-0.15, -0.1) is 0 Å². The first-order chi connectivity index (χ1) is 14.3. The van der Waals surface area contributed by atoms with Crippen molar-refractivity contribution in [2.75, 3.05) is 0 Å². The van der Waals surface area contributed by atoms with Crippen LogP contribution >= 0.6 is 0 Å². The van der Waals surface area contributed by atoms with E-state index in [-0.39, 0.29) is 0 Å². The molecule has 164 valence electrons. The Kier molecular flexibility index (Phi) is 16.2. The summed E-state index contributed by atoms with van der Waals surface area (Å²) in [6, 6.07) is 7.23. The van der Waals surface area contributed by atoms with Crippen molar-refractivity contribution >= 4 is 12.0 Å². The molecule has 3 heteroatoms. The summed E-state index contributed by atoms with van der Waals surface area (Å²) < 4.78 is 0. The van der Waals surface area contributed by atoms with Crippen molar-refractivity contribution in [3.63, 3.8) is 0 Å². The van der Waals surface area contributed by atoms with Gasteiger partial charge in [0.25, 0.3) is 5.91 Å². The Morgan fingerprint density at radius 1 is 0.759 bits per heavy atom. The predicted molar refractivity (Wildman–Crippen MR) is 124 cm³/mol. The first-order valence-corrected chi connectivity index (χ1v) is 12.0. The third-order valence-corrected chi connectivity index (χ3v) is 5.56. The van der Waals surface area contributed by atoms with Crippen molar-refractivity contribution < 1.29 is 10.0 Å². The van der Waals surface area contributed by atoms with Gasteiger partial charge in [0.2, 0.25) is 0 Å². The minimum atomic E-state index is -0.474. The third kappa shape index (κ3) is 14.1. The molecule has 3 nitrogen and oxygen atoms in total. The second kappa shape index (κ2) is 18.4. The highest BCUT2D eigenvalue weighted by atomic mass is 16.5. The van der Waals surface area contributed by atoms with Gasteiger partial charge in [0.15, 0.2) is 0 Å². The van der Waals surface area contributed by atoms with Crippen LogP contribution in [0.25, 0.3) is 6.08 Å². The largest absolute Gasteiger partial charge is 0.288 e. The van der Waals surface area contributed by atoms with Gasteiger partial charge in [-0.25, -0.2) is 5.48 Å². The number of hydrogen-bond acceptors (Lipinski definition) is 2. The molecule has 0 heterocycles. The number of hydroxylamine groups is 1. The molecule has 0 aliphatic heterocycles. The molecular formula is C26H43NO2. The van der Waals surface area contributed by atoms with Gasteiger partial charge in [-0.1, -0.05) is 121 Å². The molecule has 0 radical (unpaired) electrons. The Morgan fingerprint density at radius 2 is 1.21 bits per heavy atom. The lowest BCUT2D eigenvalue weighted by atomic mass is 10.0. The number of carbonyl (C=O) groups is 1. The highest BCUT2D eigenvalue weighted by molar-refractivity contribution is 5.93. The molecule has 0 fully saturated rings. The fourth-order valence-corrected chi connectivity index (χ4v) is 3.66. The van der Waals surface area contributed by atoms with Crippen LogP contribution in [0.3, 0.4) is 0 Å². The van der Waals surface area contributed by atoms with Gasteiger partial charge in [0.05, 0.1) is 0 Å². The van der Waals surface area contributed by atoms with E-state index in [0.29, 0.717) is 5.56 Å². The molecule has 0 aromatic heterocycles. The number of unbranched alkanes of at least 4 members (excludes halogenated alkanes) is 15. The van der Waals surface area contributed by atoms with Gasteiger partial charge in [-0.05, 0) is 30.5 Å². The molecule has 0 aliphatic rings. The normalized spacial score (nSPS) is 11.2. The SMILES string of the molecule is CCCCCCCCCCCCCCCCC/C=C/c1ccc(C(=O)NO)cc1. The molecule has 0 bridgehead atoms. The van der Waals surface area contributed by atoms with E-state index < -0.39 is 5.91 Å². The minimum absolute atomic E-state index is 0.465. The molecule has 1 aromatic rings. The van der Waals surface area contributed by atoms with Gasteiger partial charge >= 0.3 is 0 Å². The monoisotopic (exact) mass is 401 g/mol. The molecule has 2 N–H and O–H groups in total. The van der Waals surface area contributed by atoms with Gasteiger partial charge in [0.1, 0.15) is 0 Å². The van der Waals surface area contributed by atoms with Crippen LogP contribution in [0.1, 0.15) is 126 Å². The summed E-state index contributed by atoms with van der Waals surface area (Å²) in [7, 11) is 0. The van der Waals surface area contributed by atoms with Gasteiger partial charge in [0, 0.05) is 5.56 Å². The molecule has 29 heavy (non-hydrogen) atoms. The second-order valence-electron chi connectivity index (χ2n) is 8.20. The molecule has 1 rings (SSSR count). The van der Waals surface area contributed by atoms with Crippen molar-refractivity contribution in [1.29, 1.82) is 0 Å². The fraction of sp³-hybridized carbons (Fsp3) is 0.654. The molecule has 0 saturated carbocycles. The molecule has 1 amide bonds. The zero-order chi connectivity index (χ0) is 21.0. The smallest absolute Gasteiger partial charge is 0.274 e. The van der Waals surface area contributed by atoms with E-state index in [1.54, 1.807) is 17.6 Å². The van der Waals surface area contributed by atoms with E-state index >= 15 is 0 Å². The van der Waals surface area contributed by atoms with Crippen LogP contribution in [-0.2, 0) is 0 Å². The third-order valence-electron chi connectivity index (χ3n) is 5.56. The highest BCUT2D eigenvalue weighted by Crippen LogP contribution is 2.14.